The molecule has 1 atom stereocenters. The van der Waals surface area contributed by atoms with E-state index < -0.39 is 0 Å². The van der Waals surface area contributed by atoms with E-state index in [-0.39, 0.29) is 5.56 Å². The summed E-state index contributed by atoms with van der Waals surface area (Å²) in [6, 6.07) is 0.337. The molecule has 98 valence electrons. The predicted octanol–water partition coefficient (Wildman–Crippen LogP) is 2.80. The summed E-state index contributed by atoms with van der Waals surface area (Å²) in [4.78, 5) is 17.5. The van der Waals surface area contributed by atoms with Gasteiger partial charge in [0.05, 0.1) is 5.69 Å². The molecule has 0 saturated heterocycles. The van der Waals surface area contributed by atoms with Crippen molar-refractivity contribution in [2.45, 2.75) is 70.8 Å². The minimum Gasteiger partial charge on any atom is -0.294 e. The van der Waals surface area contributed by atoms with Gasteiger partial charge < -0.3 is 0 Å². The number of hydrogen-bond donors (Lipinski definition) is 0. The van der Waals surface area contributed by atoms with Crippen LogP contribution in [0.2, 0.25) is 0 Å². The van der Waals surface area contributed by atoms with Gasteiger partial charge in [-0.3, -0.25) is 9.36 Å². The highest BCUT2D eigenvalue weighted by molar-refractivity contribution is 5.21. The first-order chi connectivity index (χ1) is 8.77. The van der Waals surface area contributed by atoms with E-state index in [4.69, 9.17) is 4.98 Å². The van der Waals surface area contributed by atoms with Crippen molar-refractivity contribution < 1.29 is 0 Å². The Kier molecular flexibility index (Phi) is 3.23. The average molecular weight is 246 g/mol. The highest BCUT2D eigenvalue weighted by atomic mass is 16.1. The van der Waals surface area contributed by atoms with Gasteiger partial charge in [0.25, 0.3) is 5.56 Å². The van der Waals surface area contributed by atoms with E-state index in [0.717, 1.165) is 49.2 Å². The largest absolute Gasteiger partial charge is 0.294 e. The normalized spacial score (nSPS) is 23.7. The summed E-state index contributed by atoms with van der Waals surface area (Å²) < 4.78 is 1.98. The van der Waals surface area contributed by atoms with Crippen LogP contribution in [-0.2, 0) is 19.3 Å². The fraction of sp³-hybridized carbons (Fsp3) is 0.733. The zero-order valence-corrected chi connectivity index (χ0v) is 11.2. The molecule has 0 radical (unpaired) electrons. The minimum atomic E-state index is 0.268. The quantitative estimate of drug-likeness (QED) is 0.705. The summed E-state index contributed by atoms with van der Waals surface area (Å²) >= 11 is 0. The van der Waals surface area contributed by atoms with E-state index >= 15 is 0 Å². The molecule has 3 rings (SSSR count). The fourth-order valence-corrected chi connectivity index (χ4v) is 3.38. The van der Waals surface area contributed by atoms with Crippen LogP contribution in [0.5, 0.6) is 0 Å². The second-order valence-electron chi connectivity index (χ2n) is 5.78. The van der Waals surface area contributed by atoms with Crippen molar-refractivity contribution in [1.82, 2.24) is 9.55 Å². The summed E-state index contributed by atoms with van der Waals surface area (Å²) in [5, 5.41) is 0. The van der Waals surface area contributed by atoms with Gasteiger partial charge >= 0.3 is 0 Å². The van der Waals surface area contributed by atoms with E-state index in [1.807, 2.05) is 4.57 Å². The van der Waals surface area contributed by atoms with E-state index in [1.165, 1.54) is 25.7 Å². The number of rotatable bonds is 0. The van der Waals surface area contributed by atoms with Gasteiger partial charge in [0.15, 0.2) is 0 Å². The van der Waals surface area contributed by atoms with Crippen LogP contribution < -0.4 is 5.56 Å². The van der Waals surface area contributed by atoms with Crippen LogP contribution in [0.4, 0.5) is 0 Å². The van der Waals surface area contributed by atoms with Gasteiger partial charge in [-0.2, -0.15) is 0 Å². The molecule has 0 saturated carbocycles. The maximum atomic E-state index is 12.7. The minimum absolute atomic E-state index is 0.268. The van der Waals surface area contributed by atoms with E-state index in [9.17, 15) is 4.79 Å². The second-order valence-corrected chi connectivity index (χ2v) is 5.78. The van der Waals surface area contributed by atoms with Crippen LogP contribution in [0.15, 0.2) is 4.79 Å². The van der Waals surface area contributed by atoms with Crippen molar-refractivity contribution in [3.63, 3.8) is 0 Å². The maximum Gasteiger partial charge on any atom is 0.257 e. The average Bonchev–Trinajstić information content (AvgIpc) is 2.31. The van der Waals surface area contributed by atoms with Gasteiger partial charge in [0, 0.05) is 18.0 Å². The van der Waals surface area contributed by atoms with Gasteiger partial charge in [-0.15, -0.1) is 0 Å². The van der Waals surface area contributed by atoms with Crippen molar-refractivity contribution in [1.29, 1.82) is 0 Å². The lowest BCUT2D eigenvalue weighted by Crippen LogP contribution is -2.35. The highest BCUT2D eigenvalue weighted by Gasteiger charge is 2.23. The summed E-state index contributed by atoms with van der Waals surface area (Å²) in [5.74, 6) is 1.04. The monoisotopic (exact) mass is 246 g/mol. The number of aromatic nitrogens is 2. The Morgan fingerprint density at radius 3 is 2.67 bits per heavy atom. The molecule has 1 aromatic rings. The molecule has 0 N–H and O–H groups in total. The molecule has 1 aliphatic heterocycles. The summed E-state index contributed by atoms with van der Waals surface area (Å²) in [6.45, 7) is 2.15. The van der Waals surface area contributed by atoms with Crippen LogP contribution in [0, 0.1) is 0 Å². The lowest BCUT2D eigenvalue weighted by Gasteiger charge is -2.26. The number of aryl methyl sites for hydroxylation is 2. The molecular weight excluding hydrogens is 224 g/mol. The zero-order valence-electron chi connectivity index (χ0n) is 11.2. The van der Waals surface area contributed by atoms with E-state index in [2.05, 4.69) is 6.92 Å². The molecule has 1 aliphatic carbocycles. The molecule has 18 heavy (non-hydrogen) atoms. The van der Waals surface area contributed by atoms with Gasteiger partial charge in [-0.25, -0.2) is 4.98 Å². The Balaban J connectivity index is 2.13. The molecule has 3 heteroatoms. The van der Waals surface area contributed by atoms with Crippen LogP contribution in [0.25, 0.3) is 0 Å². The molecular formula is C15H22N2O. The van der Waals surface area contributed by atoms with Crippen molar-refractivity contribution in [3.8, 4) is 0 Å². The topological polar surface area (TPSA) is 34.9 Å². The number of hydrogen-bond acceptors (Lipinski definition) is 2. The van der Waals surface area contributed by atoms with E-state index in [1.54, 1.807) is 0 Å². The Morgan fingerprint density at radius 2 is 1.83 bits per heavy atom. The first kappa shape index (κ1) is 11.9. The van der Waals surface area contributed by atoms with E-state index in [0.29, 0.717) is 6.04 Å². The van der Waals surface area contributed by atoms with Crippen LogP contribution in [-0.4, -0.2) is 9.55 Å². The standard InChI is InChI=1S/C15H22N2O/c1-11-7-6-10-14-16-13-9-5-3-2-4-8-12(13)15(18)17(11)14/h11H,2-10H2,1H3. The molecule has 0 bridgehead atoms. The van der Waals surface area contributed by atoms with Gasteiger partial charge in [0.2, 0.25) is 0 Å². The molecule has 0 aromatic carbocycles. The Morgan fingerprint density at radius 1 is 1.06 bits per heavy atom. The zero-order chi connectivity index (χ0) is 12.5. The Labute approximate surface area is 108 Å². The Bertz CT molecular complexity index is 504. The number of nitrogens with zero attached hydrogens (tertiary/aromatic N) is 2. The number of fused-ring (bicyclic) bond motifs is 2. The molecule has 3 nitrogen and oxygen atoms in total. The summed E-state index contributed by atoms with van der Waals surface area (Å²) in [7, 11) is 0. The third-order valence-corrected chi connectivity index (χ3v) is 4.42. The lowest BCUT2D eigenvalue weighted by molar-refractivity contribution is 0.398. The van der Waals surface area contributed by atoms with Crippen molar-refractivity contribution in [2.24, 2.45) is 0 Å². The van der Waals surface area contributed by atoms with Crippen molar-refractivity contribution in [3.05, 3.63) is 27.4 Å². The highest BCUT2D eigenvalue weighted by Crippen LogP contribution is 2.24. The van der Waals surface area contributed by atoms with Gasteiger partial charge in [-0.1, -0.05) is 12.8 Å². The summed E-state index contributed by atoms with van der Waals surface area (Å²) in [5.41, 5.74) is 2.40. The van der Waals surface area contributed by atoms with Crippen LogP contribution in [0.1, 0.15) is 68.6 Å². The predicted molar refractivity (Wildman–Crippen MR) is 72.0 cm³/mol. The van der Waals surface area contributed by atoms with Crippen LogP contribution in [0.3, 0.4) is 0 Å². The SMILES string of the molecule is CC1CCCc2nc3c(c(=O)n21)CCCCCC3. The molecule has 0 spiro atoms. The van der Waals surface area contributed by atoms with Crippen LogP contribution >= 0.6 is 0 Å². The Hall–Kier alpha value is -1.12. The smallest absolute Gasteiger partial charge is 0.257 e. The molecule has 0 amide bonds. The lowest BCUT2D eigenvalue weighted by atomic mass is 9.96. The third-order valence-electron chi connectivity index (χ3n) is 4.42. The summed E-state index contributed by atoms with van der Waals surface area (Å²) in [6.07, 6.45) is 10.1. The van der Waals surface area contributed by atoms with Gasteiger partial charge in [0.1, 0.15) is 5.82 Å². The first-order valence-electron chi connectivity index (χ1n) is 7.40. The van der Waals surface area contributed by atoms with Gasteiger partial charge in [-0.05, 0) is 45.4 Å². The fourth-order valence-electron chi connectivity index (χ4n) is 3.38. The first-order valence-corrected chi connectivity index (χ1v) is 7.40. The second kappa shape index (κ2) is 4.87. The maximum absolute atomic E-state index is 12.7. The third kappa shape index (κ3) is 2.00. The molecule has 1 unspecified atom stereocenters. The molecule has 0 fully saturated rings. The van der Waals surface area contributed by atoms with Crippen molar-refractivity contribution in [2.75, 3.05) is 0 Å². The molecule has 1 aromatic heterocycles. The van der Waals surface area contributed by atoms with Crippen molar-refractivity contribution >= 4 is 0 Å². The molecule has 2 heterocycles. The molecule has 2 aliphatic rings.